The van der Waals surface area contributed by atoms with Gasteiger partial charge in [-0.3, -0.25) is 4.98 Å². The molecule has 1 aliphatic rings. The van der Waals surface area contributed by atoms with Gasteiger partial charge in [0.25, 0.3) is 0 Å². The molecule has 1 aromatic rings. The molecule has 100 valence electrons. The second-order valence-corrected chi connectivity index (χ2v) is 5.92. The van der Waals surface area contributed by atoms with Gasteiger partial charge in [0.05, 0.1) is 24.2 Å². The third kappa shape index (κ3) is 3.62. The molecule has 0 unspecified atom stereocenters. The van der Waals surface area contributed by atoms with Crippen molar-refractivity contribution in [3.63, 3.8) is 0 Å². The van der Waals surface area contributed by atoms with Gasteiger partial charge in [-0.05, 0) is 38.0 Å². The summed E-state index contributed by atoms with van der Waals surface area (Å²) in [6.07, 6.45) is 8.80. The number of rotatable bonds is 4. The van der Waals surface area contributed by atoms with Crippen LogP contribution in [0.5, 0.6) is 5.75 Å². The Morgan fingerprint density at radius 3 is 2.72 bits per heavy atom. The van der Waals surface area contributed by atoms with Crippen molar-refractivity contribution in [1.29, 1.82) is 0 Å². The van der Waals surface area contributed by atoms with E-state index in [0.29, 0.717) is 11.5 Å². The molecule has 0 radical (unpaired) electrons. The molecule has 1 fully saturated rings. The Balaban J connectivity index is 1.91. The molecular formula is C15H24N2O. The van der Waals surface area contributed by atoms with Crippen LogP contribution in [0.25, 0.3) is 0 Å². The zero-order valence-corrected chi connectivity index (χ0v) is 11.7. The van der Waals surface area contributed by atoms with Crippen LogP contribution in [-0.2, 0) is 0 Å². The first-order valence-electron chi connectivity index (χ1n) is 6.95. The lowest BCUT2D eigenvalue weighted by molar-refractivity contribution is 0.0985. The minimum Gasteiger partial charge on any atom is -0.489 e. The Morgan fingerprint density at radius 2 is 2.06 bits per heavy atom. The molecule has 3 nitrogen and oxygen atoms in total. The Morgan fingerprint density at radius 1 is 1.33 bits per heavy atom. The van der Waals surface area contributed by atoms with E-state index in [-0.39, 0.29) is 0 Å². The molecule has 1 aromatic heterocycles. The van der Waals surface area contributed by atoms with Crippen LogP contribution in [0.15, 0.2) is 18.5 Å². The summed E-state index contributed by atoms with van der Waals surface area (Å²) in [5.41, 5.74) is 1.52. The average Bonchev–Trinajstić information content (AvgIpc) is 2.33. The highest BCUT2D eigenvalue weighted by atomic mass is 16.5. The Labute approximate surface area is 110 Å². The molecular weight excluding hydrogens is 224 g/mol. The van der Waals surface area contributed by atoms with E-state index in [1.807, 2.05) is 12.3 Å². The largest absolute Gasteiger partial charge is 0.489 e. The molecule has 18 heavy (non-hydrogen) atoms. The van der Waals surface area contributed by atoms with Gasteiger partial charge in [-0.1, -0.05) is 13.8 Å². The molecule has 0 amide bonds. The van der Waals surface area contributed by atoms with Crippen LogP contribution in [-0.4, -0.2) is 17.6 Å². The van der Waals surface area contributed by atoms with E-state index in [2.05, 4.69) is 31.1 Å². The van der Waals surface area contributed by atoms with Crippen LogP contribution in [0.1, 0.15) is 46.5 Å². The van der Waals surface area contributed by atoms with Crippen molar-refractivity contribution >= 4 is 5.69 Å². The predicted octanol–water partition coefficient (Wildman–Crippen LogP) is 3.86. The molecule has 0 spiro atoms. The second-order valence-electron chi connectivity index (χ2n) is 5.92. The third-order valence-electron chi connectivity index (χ3n) is 3.68. The summed E-state index contributed by atoms with van der Waals surface area (Å²) < 4.78 is 6.03. The number of anilines is 1. The minimum atomic E-state index is 0.358. The normalized spacial score (nSPS) is 19.5. The van der Waals surface area contributed by atoms with Crippen LogP contribution in [0.4, 0.5) is 5.69 Å². The lowest BCUT2D eigenvalue weighted by atomic mass is 9.76. The molecule has 0 aliphatic heterocycles. The maximum absolute atomic E-state index is 6.03. The van der Waals surface area contributed by atoms with E-state index in [1.165, 1.54) is 12.8 Å². The van der Waals surface area contributed by atoms with E-state index in [1.54, 1.807) is 6.20 Å². The van der Waals surface area contributed by atoms with Crippen LogP contribution in [0, 0.1) is 5.41 Å². The van der Waals surface area contributed by atoms with Crippen molar-refractivity contribution in [2.75, 3.05) is 11.9 Å². The molecule has 1 heterocycles. The molecule has 0 bridgehead atoms. The quantitative estimate of drug-likeness (QED) is 0.878. The van der Waals surface area contributed by atoms with Gasteiger partial charge in [-0.2, -0.15) is 0 Å². The maximum atomic E-state index is 6.03. The monoisotopic (exact) mass is 248 g/mol. The molecule has 0 aromatic carbocycles. The van der Waals surface area contributed by atoms with Gasteiger partial charge in [0.1, 0.15) is 5.75 Å². The molecule has 2 rings (SSSR count). The van der Waals surface area contributed by atoms with Gasteiger partial charge in [0.2, 0.25) is 0 Å². The van der Waals surface area contributed by atoms with Crippen molar-refractivity contribution in [2.45, 2.75) is 52.6 Å². The molecule has 0 saturated heterocycles. The Bertz CT molecular complexity index is 380. The number of aromatic nitrogens is 1. The lowest BCUT2D eigenvalue weighted by Crippen LogP contribution is -2.28. The van der Waals surface area contributed by atoms with Crippen LogP contribution < -0.4 is 10.1 Å². The number of hydrogen-bond donors (Lipinski definition) is 1. The van der Waals surface area contributed by atoms with Crippen molar-refractivity contribution < 1.29 is 4.74 Å². The van der Waals surface area contributed by atoms with Crippen molar-refractivity contribution in [3.05, 3.63) is 18.5 Å². The minimum absolute atomic E-state index is 0.358. The van der Waals surface area contributed by atoms with Crippen LogP contribution >= 0.6 is 0 Å². The summed E-state index contributed by atoms with van der Waals surface area (Å²) in [4.78, 5) is 4.21. The average molecular weight is 248 g/mol. The number of hydrogen-bond acceptors (Lipinski definition) is 3. The zero-order chi connectivity index (χ0) is 13.0. The van der Waals surface area contributed by atoms with E-state index in [9.17, 15) is 0 Å². The molecule has 1 N–H and O–H groups in total. The van der Waals surface area contributed by atoms with Gasteiger partial charge in [0.15, 0.2) is 0 Å². The van der Waals surface area contributed by atoms with Gasteiger partial charge in [-0.15, -0.1) is 0 Å². The van der Waals surface area contributed by atoms with Gasteiger partial charge in [-0.25, -0.2) is 0 Å². The van der Waals surface area contributed by atoms with Crippen molar-refractivity contribution in [1.82, 2.24) is 4.98 Å². The number of ether oxygens (including phenoxy) is 1. The summed E-state index contributed by atoms with van der Waals surface area (Å²) in [5.74, 6) is 0.887. The predicted molar refractivity (Wildman–Crippen MR) is 75.1 cm³/mol. The molecule has 3 heteroatoms. The highest BCUT2D eigenvalue weighted by Crippen LogP contribution is 2.36. The number of pyridine rings is 1. The van der Waals surface area contributed by atoms with Crippen LogP contribution in [0.3, 0.4) is 0 Å². The topological polar surface area (TPSA) is 34.2 Å². The highest BCUT2D eigenvalue weighted by molar-refractivity contribution is 5.44. The second kappa shape index (κ2) is 5.59. The summed E-state index contributed by atoms with van der Waals surface area (Å²) in [6, 6.07) is 2.04. The SMILES string of the molecule is CCNc1cncc(OC2CCC(C)(C)CC2)c1. The first kappa shape index (κ1) is 13.2. The Hall–Kier alpha value is -1.25. The number of nitrogens with one attached hydrogen (secondary N) is 1. The van der Waals surface area contributed by atoms with E-state index in [0.717, 1.165) is 30.8 Å². The first-order valence-corrected chi connectivity index (χ1v) is 6.95. The Kier molecular flexibility index (Phi) is 4.10. The smallest absolute Gasteiger partial charge is 0.140 e. The summed E-state index contributed by atoms with van der Waals surface area (Å²) in [7, 11) is 0. The highest BCUT2D eigenvalue weighted by Gasteiger charge is 2.27. The van der Waals surface area contributed by atoms with E-state index in [4.69, 9.17) is 4.74 Å². The zero-order valence-electron chi connectivity index (χ0n) is 11.7. The van der Waals surface area contributed by atoms with Gasteiger partial charge >= 0.3 is 0 Å². The summed E-state index contributed by atoms with van der Waals surface area (Å²) >= 11 is 0. The maximum Gasteiger partial charge on any atom is 0.140 e. The summed E-state index contributed by atoms with van der Waals surface area (Å²) in [5, 5.41) is 3.26. The standard InChI is InChI=1S/C15H24N2O/c1-4-17-12-9-14(11-16-10-12)18-13-5-7-15(2,3)8-6-13/h9-11,13,17H,4-8H2,1-3H3. The molecule has 0 atom stereocenters. The van der Waals surface area contributed by atoms with Crippen molar-refractivity contribution in [2.24, 2.45) is 5.41 Å². The molecule has 1 aliphatic carbocycles. The molecule has 1 saturated carbocycles. The van der Waals surface area contributed by atoms with E-state index < -0.39 is 0 Å². The third-order valence-corrected chi connectivity index (χ3v) is 3.68. The first-order chi connectivity index (χ1) is 8.59. The van der Waals surface area contributed by atoms with E-state index >= 15 is 0 Å². The number of nitrogens with zero attached hydrogens (tertiary/aromatic N) is 1. The fourth-order valence-corrected chi connectivity index (χ4v) is 2.47. The van der Waals surface area contributed by atoms with Gasteiger partial charge < -0.3 is 10.1 Å². The lowest BCUT2D eigenvalue weighted by Gasteiger charge is -2.34. The van der Waals surface area contributed by atoms with Crippen molar-refractivity contribution in [3.8, 4) is 5.75 Å². The summed E-state index contributed by atoms with van der Waals surface area (Å²) in [6.45, 7) is 7.67. The van der Waals surface area contributed by atoms with Gasteiger partial charge in [0, 0.05) is 12.6 Å². The fourth-order valence-electron chi connectivity index (χ4n) is 2.47. The van der Waals surface area contributed by atoms with Crippen LogP contribution in [0.2, 0.25) is 0 Å². The fraction of sp³-hybridized carbons (Fsp3) is 0.667.